The van der Waals surface area contributed by atoms with Crippen molar-refractivity contribution in [1.29, 1.82) is 0 Å². The van der Waals surface area contributed by atoms with Crippen molar-refractivity contribution in [2.45, 2.75) is 11.4 Å². The minimum absolute atomic E-state index is 0.0220. The highest BCUT2D eigenvalue weighted by Crippen LogP contribution is 2.42. The number of rotatable bonds is 4. The number of thiophene rings is 1. The molecular weight excluding hydrogens is 473 g/mol. The van der Waals surface area contributed by atoms with Crippen molar-refractivity contribution in [3.8, 4) is 0 Å². The fraction of sp³-hybridized carbons (Fsp3) is 0.0909. The summed E-state index contributed by atoms with van der Waals surface area (Å²) >= 11 is 19.2. The smallest absolute Gasteiger partial charge is 0.207 e. The van der Waals surface area contributed by atoms with E-state index < -0.39 is 10.0 Å². The van der Waals surface area contributed by atoms with Crippen molar-refractivity contribution in [2.24, 2.45) is 0 Å². The SMILES string of the molecule is O=S(=O)(NCc1ccc(Br)cc1)c1c(Cl)sc(Cl)c1Br. The van der Waals surface area contributed by atoms with Crippen LogP contribution in [0.1, 0.15) is 5.56 Å². The number of benzene rings is 1. The maximum Gasteiger partial charge on any atom is 0.244 e. The van der Waals surface area contributed by atoms with Gasteiger partial charge in [0.05, 0.1) is 4.47 Å². The van der Waals surface area contributed by atoms with Gasteiger partial charge in [-0.3, -0.25) is 0 Å². The molecule has 0 aliphatic heterocycles. The van der Waals surface area contributed by atoms with E-state index in [-0.39, 0.29) is 20.2 Å². The number of halogens is 4. The summed E-state index contributed by atoms with van der Waals surface area (Å²) in [6.07, 6.45) is 0. The Labute approximate surface area is 147 Å². The third-order valence-corrected chi connectivity index (χ3v) is 7.77. The Morgan fingerprint density at radius 1 is 1.10 bits per heavy atom. The van der Waals surface area contributed by atoms with Crippen molar-refractivity contribution in [1.82, 2.24) is 4.72 Å². The summed E-state index contributed by atoms with van der Waals surface area (Å²) in [6, 6.07) is 7.33. The zero-order chi connectivity index (χ0) is 14.9. The van der Waals surface area contributed by atoms with Crippen molar-refractivity contribution >= 4 is 76.4 Å². The van der Waals surface area contributed by atoms with Gasteiger partial charge in [-0.05, 0) is 33.6 Å². The summed E-state index contributed by atoms with van der Waals surface area (Å²) in [5, 5.41) is 0. The monoisotopic (exact) mass is 477 g/mol. The molecule has 0 fully saturated rings. The second-order valence-electron chi connectivity index (χ2n) is 3.74. The van der Waals surface area contributed by atoms with E-state index in [0.29, 0.717) is 4.34 Å². The van der Waals surface area contributed by atoms with Gasteiger partial charge in [0.25, 0.3) is 0 Å². The van der Waals surface area contributed by atoms with E-state index in [1.165, 1.54) is 0 Å². The third kappa shape index (κ3) is 3.76. The number of hydrogen-bond donors (Lipinski definition) is 1. The van der Waals surface area contributed by atoms with Crippen LogP contribution in [0.25, 0.3) is 0 Å². The highest BCUT2D eigenvalue weighted by molar-refractivity contribution is 9.10. The lowest BCUT2D eigenvalue weighted by Gasteiger charge is -2.07. The summed E-state index contributed by atoms with van der Waals surface area (Å²) in [7, 11) is -3.72. The molecule has 0 aliphatic carbocycles. The first kappa shape index (κ1) is 16.7. The van der Waals surface area contributed by atoms with Gasteiger partial charge in [-0.1, -0.05) is 51.3 Å². The van der Waals surface area contributed by atoms with Crippen LogP contribution in [-0.2, 0) is 16.6 Å². The Kier molecular flexibility index (Phi) is 5.56. The minimum Gasteiger partial charge on any atom is -0.207 e. The van der Waals surface area contributed by atoms with Crippen LogP contribution in [-0.4, -0.2) is 8.42 Å². The van der Waals surface area contributed by atoms with Gasteiger partial charge in [0.1, 0.15) is 13.6 Å². The topological polar surface area (TPSA) is 46.2 Å². The molecule has 108 valence electrons. The van der Waals surface area contributed by atoms with Gasteiger partial charge >= 0.3 is 0 Å². The standard InChI is InChI=1S/C11H7Br2Cl2NO2S2/c12-7-3-1-6(2-4-7)5-16-20(17,18)9-8(13)10(14)19-11(9)15/h1-4,16H,5H2. The fourth-order valence-electron chi connectivity index (χ4n) is 1.42. The quantitative estimate of drug-likeness (QED) is 0.666. The third-order valence-electron chi connectivity index (χ3n) is 2.38. The van der Waals surface area contributed by atoms with Crippen molar-refractivity contribution in [3.63, 3.8) is 0 Å². The van der Waals surface area contributed by atoms with E-state index in [0.717, 1.165) is 21.4 Å². The molecule has 0 atom stereocenters. The number of nitrogens with one attached hydrogen (secondary N) is 1. The molecule has 2 rings (SSSR count). The molecule has 0 unspecified atom stereocenters. The molecule has 1 heterocycles. The van der Waals surface area contributed by atoms with Gasteiger partial charge in [-0.2, -0.15) is 0 Å². The molecule has 0 aliphatic rings. The van der Waals surface area contributed by atoms with Crippen LogP contribution < -0.4 is 4.72 Å². The second kappa shape index (κ2) is 6.64. The Morgan fingerprint density at radius 2 is 1.70 bits per heavy atom. The van der Waals surface area contributed by atoms with Gasteiger partial charge in [0.15, 0.2) is 0 Å². The van der Waals surface area contributed by atoms with Crippen LogP contribution in [0.15, 0.2) is 38.1 Å². The van der Waals surface area contributed by atoms with Gasteiger partial charge < -0.3 is 0 Å². The maximum atomic E-state index is 12.2. The fourth-order valence-corrected chi connectivity index (χ4v) is 6.26. The first-order valence-electron chi connectivity index (χ1n) is 5.18. The Bertz CT molecular complexity index is 730. The molecule has 0 bridgehead atoms. The van der Waals surface area contributed by atoms with Gasteiger partial charge in [0, 0.05) is 11.0 Å². The lowest BCUT2D eigenvalue weighted by atomic mass is 10.2. The lowest BCUT2D eigenvalue weighted by molar-refractivity contribution is 0.581. The average Bonchev–Trinajstić information content (AvgIpc) is 2.63. The lowest BCUT2D eigenvalue weighted by Crippen LogP contribution is -2.23. The Hall–Kier alpha value is 0.370. The molecule has 0 radical (unpaired) electrons. The van der Waals surface area contributed by atoms with Crippen LogP contribution in [0, 0.1) is 0 Å². The molecule has 0 amide bonds. The summed E-state index contributed by atoms with van der Waals surface area (Å²) in [4.78, 5) is -0.0220. The summed E-state index contributed by atoms with van der Waals surface area (Å²) in [5.74, 6) is 0. The first-order chi connectivity index (χ1) is 9.31. The zero-order valence-electron chi connectivity index (χ0n) is 9.66. The van der Waals surface area contributed by atoms with Crippen LogP contribution in [0.4, 0.5) is 0 Å². The largest absolute Gasteiger partial charge is 0.244 e. The molecular formula is C11H7Br2Cl2NO2S2. The zero-order valence-corrected chi connectivity index (χ0v) is 16.0. The van der Waals surface area contributed by atoms with E-state index in [4.69, 9.17) is 23.2 Å². The first-order valence-corrected chi connectivity index (χ1v) is 9.83. The van der Waals surface area contributed by atoms with Crippen LogP contribution in [0.2, 0.25) is 8.67 Å². The van der Waals surface area contributed by atoms with Crippen LogP contribution in [0.5, 0.6) is 0 Å². The molecule has 1 N–H and O–H groups in total. The molecule has 1 aromatic heterocycles. The molecule has 3 nitrogen and oxygen atoms in total. The average molecular weight is 480 g/mol. The normalized spacial score (nSPS) is 11.8. The highest BCUT2D eigenvalue weighted by atomic mass is 79.9. The van der Waals surface area contributed by atoms with Gasteiger partial charge in [0.2, 0.25) is 10.0 Å². The predicted molar refractivity (Wildman–Crippen MR) is 90.2 cm³/mol. The Balaban J connectivity index is 2.21. The van der Waals surface area contributed by atoms with E-state index in [2.05, 4.69) is 36.6 Å². The molecule has 9 heteroatoms. The Morgan fingerprint density at radius 3 is 2.20 bits per heavy atom. The number of sulfonamides is 1. The van der Waals surface area contributed by atoms with Crippen LogP contribution in [0.3, 0.4) is 0 Å². The van der Waals surface area contributed by atoms with Gasteiger partial charge in [-0.15, -0.1) is 11.3 Å². The van der Waals surface area contributed by atoms with E-state index in [1.807, 2.05) is 24.3 Å². The summed E-state index contributed by atoms with van der Waals surface area (Å²) in [6.45, 7) is 0.172. The predicted octanol–water partition coefficient (Wildman–Crippen LogP) is 5.06. The molecule has 1 aromatic carbocycles. The second-order valence-corrected chi connectivity index (χ2v) is 9.38. The highest BCUT2D eigenvalue weighted by Gasteiger charge is 2.25. The molecule has 0 saturated heterocycles. The van der Waals surface area contributed by atoms with E-state index in [1.54, 1.807) is 0 Å². The minimum atomic E-state index is -3.72. The maximum absolute atomic E-state index is 12.2. The van der Waals surface area contributed by atoms with Gasteiger partial charge in [-0.25, -0.2) is 13.1 Å². The van der Waals surface area contributed by atoms with Crippen molar-refractivity contribution in [3.05, 3.63) is 47.4 Å². The van der Waals surface area contributed by atoms with Crippen molar-refractivity contribution in [2.75, 3.05) is 0 Å². The number of hydrogen-bond acceptors (Lipinski definition) is 3. The van der Waals surface area contributed by atoms with Crippen LogP contribution >= 0.6 is 66.4 Å². The summed E-state index contributed by atoms with van der Waals surface area (Å²) < 4.78 is 28.6. The van der Waals surface area contributed by atoms with E-state index >= 15 is 0 Å². The molecule has 20 heavy (non-hydrogen) atoms. The molecule has 2 aromatic rings. The molecule has 0 spiro atoms. The summed E-state index contributed by atoms with van der Waals surface area (Å²) in [5.41, 5.74) is 0.838. The van der Waals surface area contributed by atoms with E-state index in [9.17, 15) is 8.42 Å². The van der Waals surface area contributed by atoms with Crippen molar-refractivity contribution < 1.29 is 8.42 Å². The molecule has 0 saturated carbocycles.